The van der Waals surface area contributed by atoms with Crippen molar-refractivity contribution in [3.05, 3.63) is 0 Å². The molecule has 120 valence electrons. The number of carboxylic acid groups (broad SMARTS) is 1. The van der Waals surface area contributed by atoms with Crippen LogP contribution in [-0.2, 0) is 9.53 Å². The summed E-state index contributed by atoms with van der Waals surface area (Å²) in [4.78, 5) is 27.0. The molecule has 2 saturated heterocycles. The molecule has 2 fully saturated rings. The lowest BCUT2D eigenvalue weighted by Gasteiger charge is -2.56. The Morgan fingerprint density at radius 2 is 1.81 bits per heavy atom. The zero-order valence-electron chi connectivity index (χ0n) is 13.0. The van der Waals surface area contributed by atoms with Gasteiger partial charge >= 0.3 is 12.1 Å². The Hall–Kier alpha value is -1.34. The lowest BCUT2D eigenvalue weighted by Crippen LogP contribution is -2.74. The van der Waals surface area contributed by atoms with Gasteiger partial charge in [-0.05, 0) is 20.8 Å². The van der Waals surface area contributed by atoms with E-state index in [9.17, 15) is 14.7 Å². The van der Waals surface area contributed by atoms with Crippen molar-refractivity contribution in [2.75, 3.05) is 39.3 Å². The molecule has 0 radical (unpaired) electrons. The van der Waals surface area contributed by atoms with Crippen LogP contribution < -0.4 is 5.32 Å². The number of piperazine rings is 1. The van der Waals surface area contributed by atoms with Crippen LogP contribution in [0.3, 0.4) is 0 Å². The molecule has 2 heterocycles. The largest absolute Gasteiger partial charge is 0.481 e. The van der Waals surface area contributed by atoms with E-state index in [0.29, 0.717) is 13.1 Å². The lowest BCUT2D eigenvalue weighted by atomic mass is 9.84. The smallest absolute Gasteiger partial charge is 0.410 e. The average molecular weight is 299 g/mol. The molecule has 2 aliphatic heterocycles. The van der Waals surface area contributed by atoms with Crippen LogP contribution in [0.4, 0.5) is 4.79 Å². The molecule has 7 nitrogen and oxygen atoms in total. The number of ether oxygens (including phenoxy) is 1. The molecule has 0 atom stereocenters. The third-order valence-electron chi connectivity index (χ3n) is 3.89. The highest BCUT2D eigenvalue weighted by atomic mass is 16.6. The first-order valence-electron chi connectivity index (χ1n) is 7.37. The summed E-state index contributed by atoms with van der Waals surface area (Å²) < 4.78 is 5.34. The number of amides is 1. The summed E-state index contributed by atoms with van der Waals surface area (Å²) in [6, 6.07) is 0. The molecular weight excluding hydrogens is 274 g/mol. The summed E-state index contributed by atoms with van der Waals surface area (Å²) in [6.07, 6.45) is -0.301. The molecular formula is C14H25N3O4. The maximum atomic E-state index is 12.0. The van der Waals surface area contributed by atoms with Gasteiger partial charge in [0.15, 0.2) is 0 Å². The van der Waals surface area contributed by atoms with E-state index in [1.165, 1.54) is 0 Å². The average Bonchev–Trinajstić information content (AvgIpc) is 2.31. The molecule has 2 aliphatic rings. The summed E-state index contributed by atoms with van der Waals surface area (Å²) >= 11 is 0. The van der Waals surface area contributed by atoms with Crippen molar-refractivity contribution < 1.29 is 19.4 Å². The van der Waals surface area contributed by atoms with Gasteiger partial charge < -0.3 is 20.1 Å². The summed E-state index contributed by atoms with van der Waals surface area (Å²) in [5, 5.41) is 12.4. The topological polar surface area (TPSA) is 82.1 Å². The molecule has 1 amide bonds. The normalized spacial score (nSPS) is 22.5. The molecule has 0 bridgehead atoms. The highest BCUT2D eigenvalue weighted by Crippen LogP contribution is 2.32. The molecule has 0 aromatic carbocycles. The molecule has 21 heavy (non-hydrogen) atoms. The second-order valence-corrected chi connectivity index (χ2v) is 6.87. The quantitative estimate of drug-likeness (QED) is 0.783. The molecule has 0 aromatic heterocycles. The number of nitrogens with zero attached hydrogens (tertiary/aromatic N) is 2. The van der Waals surface area contributed by atoms with Crippen molar-refractivity contribution in [2.24, 2.45) is 0 Å². The zero-order valence-corrected chi connectivity index (χ0v) is 13.0. The fourth-order valence-electron chi connectivity index (χ4n) is 2.96. The molecule has 0 unspecified atom stereocenters. The van der Waals surface area contributed by atoms with Crippen LogP contribution in [0.15, 0.2) is 0 Å². The molecule has 0 aromatic rings. The Labute approximate surface area is 125 Å². The molecule has 7 heteroatoms. The van der Waals surface area contributed by atoms with Crippen LogP contribution in [-0.4, -0.2) is 77.4 Å². The minimum absolute atomic E-state index is 0.0618. The van der Waals surface area contributed by atoms with E-state index >= 15 is 0 Å². The number of hydrogen-bond acceptors (Lipinski definition) is 5. The molecule has 2 rings (SSSR count). The van der Waals surface area contributed by atoms with E-state index in [0.717, 1.165) is 26.2 Å². The second-order valence-electron chi connectivity index (χ2n) is 6.87. The Kier molecular flexibility index (Phi) is 4.43. The highest BCUT2D eigenvalue weighted by Gasteiger charge is 2.51. The van der Waals surface area contributed by atoms with Crippen LogP contribution in [0, 0.1) is 0 Å². The predicted octanol–water partition coefficient (Wildman–Crippen LogP) is 0.356. The van der Waals surface area contributed by atoms with Gasteiger partial charge in [0.2, 0.25) is 0 Å². The summed E-state index contributed by atoms with van der Waals surface area (Å²) in [5.41, 5.74) is -0.970. The van der Waals surface area contributed by atoms with E-state index in [-0.39, 0.29) is 12.5 Å². The van der Waals surface area contributed by atoms with Crippen LogP contribution >= 0.6 is 0 Å². The third-order valence-corrected chi connectivity index (χ3v) is 3.89. The minimum atomic E-state index is -0.822. The van der Waals surface area contributed by atoms with Gasteiger partial charge in [-0.15, -0.1) is 0 Å². The van der Waals surface area contributed by atoms with Crippen molar-refractivity contribution in [3.8, 4) is 0 Å². The number of aliphatic carboxylic acids is 1. The van der Waals surface area contributed by atoms with Crippen LogP contribution in [0.1, 0.15) is 27.2 Å². The molecule has 0 aliphatic carbocycles. The third kappa shape index (κ3) is 3.85. The fraction of sp³-hybridized carbons (Fsp3) is 0.857. The van der Waals surface area contributed by atoms with Gasteiger partial charge in [-0.1, -0.05) is 0 Å². The summed E-state index contributed by atoms with van der Waals surface area (Å²) in [7, 11) is 0. The Morgan fingerprint density at radius 3 is 2.29 bits per heavy atom. The van der Waals surface area contributed by atoms with Crippen molar-refractivity contribution in [3.63, 3.8) is 0 Å². The van der Waals surface area contributed by atoms with E-state index < -0.39 is 17.1 Å². The van der Waals surface area contributed by atoms with Gasteiger partial charge in [0.1, 0.15) is 5.60 Å². The van der Waals surface area contributed by atoms with E-state index in [1.807, 2.05) is 20.8 Å². The fourth-order valence-corrected chi connectivity index (χ4v) is 2.96. The Morgan fingerprint density at radius 1 is 1.24 bits per heavy atom. The van der Waals surface area contributed by atoms with Crippen molar-refractivity contribution in [1.29, 1.82) is 0 Å². The zero-order chi connectivity index (χ0) is 15.7. The van der Waals surface area contributed by atoms with E-state index in [1.54, 1.807) is 4.90 Å². The van der Waals surface area contributed by atoms with Crippen LogP contribution in [0.25, 0.3) is 0 Å². The number of carboxylic acids is 1. The number of carbonyl (C=O) groups excluding carboxylic acids is 1. The summed E-state index contributed by atoms with van der Waals surface area (Å²) in [6.45, 7) is 9.66. The standard InChI is InChI=1S/C14H25N3O4/c1-13(2,3)21-12(20)16-9-14(10-16,8-11(18)19)17-6-4-15-5-7-17/h15H,4-10H2,1-3H3,(H,18,19). The van der Waals surface area contributed by atoms with Gasteiger partial charge in [0.05, 0.1) is 12.0 Å². The van der Waals surface area contributed by atoms with Gasteiger partial charge in [-0.3, -0.25) is 9.69 Å². The Balaban J connectivity index is 1.99. The number of likely N-dealkylation sites (tertiary alicyclic amines) is 1. The van der Waals surface area contributed by atoms with Crippen molar-refractivity contribution in [1.82, 2.24) is 15.1 Å². The van der Waals surface area contributed by atoms with Gasteiger partial charge in [0.25, 0.3) is 0 Å². The van der Waals surface area contributed by atoms with Crippen molar-refractivity contribution >= 4 is 12.1 Å². The first-order valence-corrected chi connectivity index (χ1v) is 7.37. The van der Waals surface area contributed by atoms with Gasteiger partial charge in [-0.25, -0.2) is 4.79 Å². The Bertz CT molecular complexity index is 407. The van der Waals surface area contributed by atoms with Crippen molar-refractivity contribution in [2.45, 2.75) is 38.3 Å². The summed E-state index contributed by atoms with van der Waals surface area (Å²) in [5.74, 6) is -0.822. The lowest BCUT2D eigenvalue weighted by molar-refractivity contribution is -0.146. The van der Waals surface area contributed by atoms with Crippen LogP contribution in [0.5, 0.6) is 0 Å². The predicted molar refractivity (Wildman–Crippen MR) is 77.2 cm³/mol. The number of nitrogens with one attached hydrogen (secondary N) is 1. The maximum Gasteiger partial charge on any atom is 0.410 e. The van der Waals surface area contributed by atoms with Gasteiger partial charge in [0, 0.05) is 39.3 Å². The SMILES string of the molecule is CC(C)(C)OC(=O)N1CC(CC(=O)O)(N2CCNCC2)C1. The monoisotopic (exact) mass is 299 g/mol. The molecule has 0 saturated carbocycles. The first kappa shape index (κ1) is 16.0. The first-order chi connectivity index (χ1) is 9.72. The molecule has 0 spiro atoms. The van der Waals surface area contributed by atoms with E-state index in [2.05, 4.69) is 10.2 Å². The van der Waals surface area contributed by atoms with Crippen LogP contribution in [0.2, 0.25) is 0 Å². The molecule has 2 N–H and O–H groups in total. The number of rotatable bonds is 3. The number of hydrogen-bond donors (Lipinski definition) is 2. The van der Waals surface area contributed by atoms with E-state index in [4.69, 9.17) is 4.74 Å². The van der Waals surface area contributed by atoms with Gasteiger partial charge in [-0.2, -0.15) is 0 Å². The number of carbonyl (C=O) groups is 2. The second kappa shape index (κ2) is 5.81. The minimum Gasteiger partial charge on any atom is -0.481 e. The highest BCUT2D eigenvalue weighted by molar-refractivity contribution is 5.73. The maximum absolute atomic E-state index is 12.0.